The van der Waals surface area contributed by atoms with Gasteiger partial charge in [-0.05, 0) is 79.8 Å². The minimum atomic E-state index is 0.621. The molecule has 1 atom stereocenters. The molecule has 0 heterocycles. The standard InChI is InChI=1S/C20H26.H2O2/c1-6-18(20-12-8-10-15(3)17(20)5)13-19-11-7-9-14(2)16(19)4;1-2/h7-12,18H,6,13H2,1-5H3;1-2H. The number of benzene rings is 2. The lowest BCUT2D eigenvalue weighted by molar-refractivity contribution is -0.176. The minimum absolute atomic E-state index is 0.621. The molecule has 120 valence electrons. The molecule has 0 spiro atoms. The molecule has 22 heavy (non-hydrogen) atoms. The molecule has 0 amide bonds. The zero-order valence-corrected chi connectivity index (χ0v) is 14.4. The summed E-state index contributed by atoms with van der Waals surface area (Å²) >= 11 is 0. The van der Waals surface area contributed by atoms with Crippen molar-refractivity contribution in [2.45, 2.75) is 53.4 Å². The highest BCUT2D eigenvalue weighted by molar-refractivity contribution is 5.39. The van der Waals surface area contributed by atoms with Gasteiger partial charge >= 0.3 is 0 Å². The van der Waals surface area contributed by atoms with Crippen LogP contribution in [-0.4, -0.2) is 10.5 Å². The average Bonchev–Trinajstić information content (AvgIpc) is 2.54. The summed E-state index contributed by atoms with van der Waals surface area (Å²) in [7, 11) is 0. The van der Waals surface area contributed by atoms with E-state index in [0.29, 0.717) is 5.92 Å². The van der Waals surface area contributed by atoms with Gasteiger partial charge in [-0.25, -0.2) is 0 Å². The third kappa shape index (κ3) is 4.19. The molecule has 2 aromatic rings. The first-order valence-electron chi connectivity index (χ1n) is 7.85. The molecule has 2 N–H and O–H groups in total. The van der Waals surface area contributed by atoms with Crippen molar-refractivity contribution in [2.75, 3.05) is 0 Å². The van der Waals surface area contributed by atoms with Gasteiger partial charge in [-0.3, -0.25) is 10.5 Å². The van der Waals surface area contributed by atoms with Crippen molar-refractivity contribution in [3.63, 3.8) is 0 Å². The van der Waals surface area contributed by atoms with Gasteiger partial charge in [-0.15, -0.1) is 0 Å². The van der Waals surface area contributed by atoms with Gasteiger partial charge < -0.3 is 0 Å². The van der Waals surface area contributed by atoms with Crippen LogP contribution in [0.25, 0.3) is 0 Å². The summed E-state index contributed by atoms with van der Waals surface area (Å²) in [6.45, 7) is 11.2. The van der Waals surface area contributed by atoms with Crippen LogP contribution in [0, 0.1) is 27.7 Å². The van der Waals surface area contributed by atoms with Gasteiger partial charge in [0.05, 0.1) is 0 Å². The normalized spacial score (nSPS) is 11.6. The van der Waals surface area contributed by atoms with E-state index in [1.54, 1.807) is 0 Å². The zero-order chi connectivity index (χ0) is 16.7. The van der Waals surface area contributed by atoms with Crippen molar-refractivity contribution in [3.05, 3.63) is 69.8 Å². The van der Waals surface area contributed by atoms with Crippen molar-refractivity contribution in [3.8, 4) is 0 Å². The summed E-state index contributed by atoms with van der Waals surface area (Å²) in [4.78, 5) is 0. The molecule has 2 heteroatoms. The Morgan fingerprint density at radius 2 is 1.36 bits per heavy atom. The summed E-state index contributed by atoms with van der Waals surface area (Å²) < 4.78 is 0. The quantitative estimate of drug-likeness (QED) is 0.564. The molecule has 0 fully saturated rings. The van der Waals surface area contributed by atoms with Gasteiger partial charge in [0.15, 0.2) is 0 Å². The average molecular weight is 300 g/mol. The summed E-state index contributed by atoms with van der Waals surface area (Å²) in [5.41, 5.74) is 8.74. The Morgan fingerprint density at radius 1 is 0.818 bits per heavy atom. The maximum absolute atomic E-state index is 6.00. The summed E-state index contributed by atoms with van der Waals surface area (Å²) in [5, 5.41) is 12.0. The van der Waals surface area contributed by atoms with Crippen LogP contribution in [0.4, 0.5) is 0 Å². The predicted octanol–water partition coefficient (Wildman–Crippen LogP) is 5.67. The second-order valence-electron chi connectivity index (χ2n) is 5.96. The second kappa shape index (κ2) is 8.72. The van der Waals surface area contributed by atoms with Crippen LogP contribution in [-0.2, 0) is 6.42 Å². The third-order valence-electron chi connectivity index (χ3n) is 4.76. The van der Waals surface area contributed by atoms with E-state index in [-0.39, 0.29) is 0 Å². The topological polar surface area (TPSA) is 40.5 Å². The smallest absolute Gasteiger partial charge is 0.0121 e. The largest absolute Gasteiger partial charge is 0.255 e. The zero-order valence-electron chi connectivity index (χ0n) is 14.4. The summed E-state index contributed by atoms with van der Waals surface area (Å²) in [6, 6.07) is 13.4. The van der Waals surface area contributed by atoms with Crippen LogP contribution >= 0.6 is 0 Å². The molecule has 0 aliphatic carbocycles. The van der Waals surface area contributed by atoms with Gasteiger partial charge in [0, 0.05) is 0 Å². The van der Waals surface area contributed by atoms with E-state index in [9.17, 15) is 0 Å². The fourth-order valence-corrected chi connectivity index (χ4v) is 2.99. The highest BCUT2D eigenvalue weighted by Gasteiger charge is 2.15. The van der Waals surface area contributed by atoms with E-state index in [0.717, 1.165) is 6.42 Å². The third-order valence-corrected chi connectivity index (χ3v) is 4.76. The van der Waals surface area contributed by atoms with Crippen LogP contribution < -0.4 is 0 Å². The van der Waals surface area contributed by atoms with Crippen molar-refractivity contribution < 1.29 is 10.5 Å². The summed E-state index contributed by atoms with van der Waals surface area (Å²) in [5.74, 6) is 0.621. The molecule has 0 bridgehead atoms. The Hall–Kier alpha value is -1.64. The molecular weight excluding hydrogens is 272 g/mol. The van der Waals surface area contributed by atoms with Crippen molar-refractivity contribution in [1.82, 2.24) is 0 Å². The molecule has 0 aromatic heterocycles. The molecule has 2 aromatic carbocycles. The number of hydrogen-bond acceptors (Lipinski definition) is 2. The van der Waals surface area contributed by atoms with Gasteiger partial charge in [0.1, 0.15) is 0 Å². The highest BCUT2D eigenvalue weighted by atomic mass is 17.0. The molecule has 0 aliphatic rings. The molecule has 0 radical (unpaired) electrons. The second-order valence-corrected chi connectivity index (χ2v) is 5.96. The molecule has 0 saturated heterocycles. The number of hydrogen-bond donors (Lipinski definition) is 2. The Kier molecular flexibility index (Phi) is 7.30. The molecule has 1 unspecified atom stereocenters. The first-order chi connectivity index (χ1) is 10.5. The van der Waals surface area contributed by atoms with Crippen molar-refractivity contribution in [1.29, 1.82) is 0 Å². The van der Waals surface area contributed by atoms with E-state index < -0.39 is 0 Å². The maximum Gasteiger partial charge on any atom is -0.0121 e. The lowest BCUT2D eigenvalue weighted by Gasteiger charge is -2.20. The van der Waals surface area contributed by atoms with Gasteiger partial charge in [-0.1, -0.05) is 43.3 Å². The number of rotatable bonds is 4. The molecule has 0 saturated carbocycles. The van der Waals surface area contributed by atoms with E-state index in [2.05, 4.69) is 71.0 Å². The molecule has 2 nitrogen and oxygen atoms in total. The highest BCUT2D eigenvalue weighted by Crippen LogP contribution is 2.29. The lowest BCUT2D eigenvalue weighted by atomic mass is 9.84. The van der Waals surface area contributed by atoms with Crippen LogP contribution in [0.15, 0.2) is 36.4 Å². The van der Waals surface area contributed by atoms with Gasteiger partial charge in [-0.2, -0.15) is 0 Å². The number of aryl methyl sites for hydroxylation is 2. The first kappa shape index (κ1) is 18.4. The minimum Gasteiger partial charge on any atom is -0.255 e. The Labute approximate surface area is 134 Å². The fourth-order valence-electron chi connectivity index (χ4n) is 2.99. The van der Waals surface area contributed by atoms with E-state index in [4.69, 9.17) is 10.5 Å². The van der Waals surface area contributed by atoms with Crippen LogP contribution in [0.1, 0.15) is 52.6 Å². The van der Waals surface area contributed by atoms with Crippen LogP contribution in [0.3, 0.4) is 0 Å². The molecule has 0 aliphatic heterocycles. The lowest BCUT2D eigenvalue weighted by Crippen LogP contribution is -2.06. The van der Waals surface area contributed by atoms with Crippen molar-refractivity contribution >= 4 is 0 Å². The van der Waals surface area contributed by atoms with E-state index >= 15 is 0 Å². The molecule has 2 rings (SSSR count). The Morgan fingerprint density at radius 3 is 1.95 bits per heavy atom. The van der Waals surface area contributed by atoms with Crippen LogP contribution in [0.5, 0.6) is 0 Å². The molecular formula is C20H28O2. The Bertz CT molecular complexity index is 603. The SMILES string of the molecule is CCC(Cc1cccc(C)c1C)c1cccc(C)c1C.OO. The predicted molar refractivity (Wildman–Crippen MR) is 93.8 cm³/mol. The van der Waals surface area contributed by atoms with E-state index in [1.165, 1.54) is 39.8 Å². The fraction of sp³-hybridized carbons (Fsp3) is 0.400. The van der Waals surface area contributed by atoms with E-state index in [1.807, 2.05) is 0 Å². The maximum atomic E-state index is 6.00. The van der Waals surface area contributed by atoms with Crippen molar-refractivity contribution in [2.24, 2.45) is 0 Å². The first-order valence-corrected chi connectivity index (χ1v) is 7.85. The Balaban J connectivity index is 0.00000116. The summed E-state index contributed by atoms with van der Waals surface area (Å²) in [6.07, 6.45) is 2.34. The van der Waals surface area contributed by atoms with Gasteiger partial charge in [0.25, 0.3) is 0 Å². The monoisotopic (exact) mass is 300 g/mol. The van der Waals surface area contributed by atoms with Crippen LogP contribution in [0.2, 0.25) is 0 Å². The van der Waals surface area contributed by atoms with Gasteiger partial charge in [0.2, 0.25) is 0 Å².